The number of fused-ring (bicyclic) bond motifs is 9. The summed E-state index contributed by atoms with van der Waals surface area (Å²) in [6, 6.07) is 62.7. The average Bonchev–Trinajstić information content (AvgIpc) is 3.88. The summed E-state index contributed by atoms with van der Waals surface area (Å²) in [5.74, 6) is 0. The predicted octanol–water partition coefficient (Wildman–Crippen LogP) is 14.7. The molecular weight excluding hydrogens is 655 g/mol. The van der Waals surface area contributed by atoms with Gasteiger partial charge in [-0.25, -0.2) is 0 Å². The third kappa shape index (κ3) is 4.65. The molecule has 0 aliphatic carbocycles. The Balaban J connectivity index is 1.03. The van der Waals surface area contributed by atoms with Crippen molar-refractivity contribution in [3.8, 4) is 22.3 Å². The molecule has 3 aromatic heterocycles. The minimum Gasteiger partial charge on any atom is -0.456 e. The van der Waals surface area contributed by atoms with Crippen LogP contribution >= 0.6 is 11.3 Å². The summed E-state index contributed by atoms with van der Waals surface area (Å²) in [5, 5.41) is 7.14. The van der Waals surface area contributed by atoms with Crippen molar-refractivity contribution in [3.05, 3.63) is 176 Å². The Bertz CT molecular complexity index is 3150. The van der Waals surface area contributed by atoms with Crippen LogP contribution in [0.1, 0.15) is 0 Å². The summed E-state index contributed by atoms with van der Waals surface area (Å²) < 4.78 is 15.1. The Labute approximate surface area is 303 Å². The van der Waals surface area contributed by atoms with Crippen LogP contribution < -0.4 is 4.90 Å². The number of rotatable bonds is 5. The van der Waals surface area contributed by atoms with E-state index in [1.54, 1.807) is 0 Å². The fourth-order valence-corrected chi connectivity index (χ4v) is 8.88. The molecule has 3 nitrogen and oxygen atoms in total. The van der Waals surface area contributed by atoms with Crippen molar-refractivity contribution in [2.45, 2.75) is 0 Å². The van der Waals surface area contributed by atoms with Crippen LogP contribution in [0.2, 0.25) is 0 Å². The number of hydrogen-bond donors (Lipinski definition) is 0. The van der Waals surface area contributed by atoms with E-state index in [9.17, 15) is 0 Å². The van der Waals surface area contributed by atoms with Crippen LogP contribution in [0.4, 0.5) is 17.1 Å². The molecule has 0 aliphatic heterocycles. The normalized spacial score (nSPS) is 11.8. The van der Waals surface area contributed by atoms with Gasteiger partial charge in [-0.3, -0.25) is 0 Å². The van der Waals surface area contributed by atoms with E-state index in [1.807, 2.05) is 35.6 Å². The van der Waals surface area contributed by atoms with Gasteiger partial charge in [0.1, 0.15) is 22.3 Å². The van der Waals surface area contributed by atoms with Crippen molar-refractivity contribution in [3.63, 3.8) is 0 Å². The highest BCUT2D eigenvalue weighted by atomic mass is 32.1. The molecule has 4 heteroatoms. The summed E-state index contributed by atoms with van der Waals surface area (Å²) in [6.07, 6.45) is 0. The molecule has 0 amide bonds. The van der Waals surface area contributed by atoms with Gasteiger partial charge < -0.3 is 13.7 Å². The lowest BCUT2D eigenvalue weighted by molar-refractivity contribution is 0.668. The predicted molar refractivity (Wildman–Crippen MR) is 219 cm³/mol. The van der Waals surface area contributed by atoms with Crippen LogP contribution in [0.25, 0.3) is 86.3 Å². The lowest BCUT2D eigenvalue weighted by atomic mass is 10.0. The summed E-state index contributed by atoms with van der Waals surface area (Å²) in [4.78, 5) is 2.36. The molecule has 11 aromatic rings. The van der Waals surface area contributed by atoms with E-state index in [0.717, 1.165) is 83.2 Å². The molecular formula is C48H29NO2S. The Morgan fingerprint density at radius 2 is 0.808 bits per heavy atom. The van der Waals surface area contributed by atoms with Crippen LogP contribution in [-0.2, 0) is 0 Å². The van der Waals surface area contributed by atoms with Crippen LogP contribution in [-0.4, -0.2) is 0 Å². The maximum absolute atomic E-state index is 6.27. The second kappa shape index (κ2) is 11.5. The first-order valence-electron chi connectivity index (χ1n) is 17.5. The first kappa shape index (κ1) is 29.1. The highest BCUT2D eigenvalue weighted by Gasteiger charge is 2.17. The molecule has 0 N–H and O–H groups in total. The maximum Gasteiger partial charge on any atom is 0.136 e. The molecule has 8 aromatic carbocycles. The number of para-hydroxylation sites is 2. The van der Waals surface area contributed by atoms with Gasteiger partial charge in [0.25, 0.3) is 0 Å². The molecule has 0 fully saturated rings. The standard InChI is InChI=1S/C48H29NO2S/c1-4-13-43-37(10-1)39-23-18-32(27-45(39)50-43)30-16-20-34(21-17-30)49(36-22-25-42-41-12-3-6-15-47(41)52-48(42)29-36)35-9-7-8-31(26-35)33-19-24-40-38-11-2-5-14-44(38)51-46(40)28-33/h1-29H. The van der Waals surface area contributed by atoms with E-state index < -0.39 is 0 Å². The summed E-state index contributed by atoms with van der Waals surface area (Å²) in [5.41, 5.74) is 11.4. The summed E-state index contributed by atoms with van der Waals surface area (Å²) in [6.45, 7) is 0. The second-order valence-electron chi connectivity index (χ2n) is 13.3. The lowest BCUT2D eigenvalue weighted by Gasteiger charge is -2.26. The average molecular weight is 684 g/mol. The largest absolute Gasteiger partial charge is 0.456 e. The molecule has 0 aliphatic rings. The Morgan fingerprint density at radius 1 is 0.308 bits per heavy atom. The van der Waals surface area contributed by atoms with Gasteiger partial charge in [-0.05, 0) is 101 Å². The summed E-state index contributed by atoms with van der Waals surface area (Å²) >= 11 is 1.84. The smallest absolute Gasteiger partial charge is 0.136 e. The molecule has 0 radical (unpaired) electrons. The SMILES string of the molecule is c1cc(-c2ccc3c(c2)oc2ccccc23)cc(N(c2ccc(-c3ccc4c(c3)oc3ccccc34)cc2)c2ccc3c(c2)sc2ccccc23)c1. The van der Waals surface area contributed by atoms with E-state index in [-0.39, 0.29) is 0 Å². The maximum atomic E-state index is 6.27. The van der Waals surface area contributed by atoms with Gasteiger partial charge in [-0.1, -0.05) is 97.1 Å². The van der Waals surface area contributed by atoms with E-state index >= 15 is 0 Å². The fraction of sp³-hybridized carbons (Fsp3) is 0. The fourth-order valence-electron chi connectivity index (χ4n) is 7.74. The van der Waals surface area contributed by atoms with Crippen LogP contribution in [0.5, 0.6) is 0 Å². The Hall–Kier alpha value is -6.62. The van der Waals surface area contributed by atoms with Gasteiger partial charge in [0.2, 0.25) is 0 Å². The Morgan fingerprint density at radius 3 is 1.52 bits per heavy atom. The van der Waals surface area contributed by atoms with Crippen LogP contribution in [0.15, 0.2) is 185 Å². The van der Waals surface area contributed by atoms with E-state index in [0.29, 0.717) is 0 Å². The summed E-state index contributed by atoms with van der Waals surface area (Å²) in [7, 11) is 0. The highest BCUT2D eigenvalue weighted by Crippen LogP contribution is 2.42. The van der Waals surface area contributed by atoms with Gasteiger partial charge in [0.05, 0.1) is 0 Å². The number of hydrogen-bond acceptors (Lipinski definition) is 4. The van der Waals surface area contributed by atoms with Gasteiger partial charge in [0.15, 0.2) is 0 Å². The van der Waals surface area contributed by atoms with Crippen molar-refractivity contribution >= 4 is 92.4 Å². The number of thiophene rings is 1. The monoisotopic (exact) mass is 683 g/mol. The van der Waals surface area contributed by atoms with Gasteiger partial charge in [0, 0.05) is 58.8 Å². The minimum absolute atomic E-state index is 0.896. The van der Waals surface area contributed by atoms with Gasteiger partial charge >= 0.3 is 0 Å². The molecule has 3 heterocycles. The lowest BCUT2D eigenvalue weighted by Crippen LogP contribution is -2.09. The molecule has 0 saturated heterocycles. The van der Waals surface area contributed by atoms with Gasteiger partial charge in [-0.15, -0.1) is 11.3 Å². The molecule has 0 atom stereocenters. The number of nitrogens with zero attached hydrogens (tertiary/aromatic N) is 1. The molecule has 0 unspecified atom stereocenters. The quantitative estimate of drug-likeness (QED) is 0.181. The first-order chi connectivity index (χ1) is 25.7. The molecule has 0 bridgehead atoms. The highest BCUT2D eigenvalue weighted by molar-refractivity contribution is 7.25. The number of benzene rings is 8. The molecule has 0 spiro atoms. The van der Waals surface area contributed by atoms with Crippen molar-refractivity contribution < 1.29 is 8.83 Å². The zero-order valence-electron chi connectivity index (χ0n) is 27.9. The van der Waals surface area contributed by atoms with E-state index in [2.05, 4.69) is 157 Å². The third-order valence-corrected chi connectivity index (χ3v) is 11.4. The minimum atomic E-state index is 0.896. The van der Waals surface area contributed by atoms with Crippen molar-refractivity contribution in [2.75, 3.05) is 4.90 Å². The molecule has 244 valence electrons. The van der Waals surface area contributed by atoms with E-state index in [4.69, 9.17) is 8.83 Å². The third-order valence-electron chi connectivity index (χ3n) is 10.3. The molecule has 11 rings (SSSR count). The first-order valence-corrected chi connectivity index (χ1v) is 18.3. The second-order valence-corrected chi connectivity index (χ2v) is 14.4. The van der Waals surface area contributed by atoms with Crippen molar-refractivity contribution in [1.82, 2.24) is 0 Å². The molecule has 52 heavy (non-hydrogen) atoms. The van der Waals surface area contributed by atoms with Crippen molar-refractivity contribution in [1.29, 1.82) is 0 Å². The van der Waals surface area contributed by atoms with Crippen molar-refractivity contribution in [2.24, 2.45) is 0 Å². The Kier molecular flexibility index (Phi) is 6.42. The van der Waals surface area contributed by atoms with Crippen LogP contribution in [0.3, 0.4) is 0 Å². The number of furan rings is 2. The number of anilines is 3. The van der Waals surface area contributed by atoms with Crippen LogP contribution in [0, 0.1) is 0 Å². The topological polar surface area (TPSA) is 29.5 Å². The van der Waals surface area contributed by atoms with E-state index in [1.165, 1.54) is 20.2 Å². The zero-order chi connectivity index (χ0) is 34.2. The van der Waals surface area contributed by atoms with Gasteiger partial charge in [-0.2, -0.15) is 0 Å². The zero-order valence-corrected chi connectivity index (χ0v) is 28.7. The molecule has 0 saturated carbocycles.